The average molecular weight is 293 g/mol. The van der Waals surface area contributed by atoms with Gasteiger partial charge in [-0.2, -0.15) is 13.2 Å². The molecule has 0 saturated carbocycles. The zero-order valence-corrected chi connectivity index (χ0v) is 11.2. The van der Waals surface area contributed by atoms with Gasteiger partial charge in [-0.15, -0.1) is 0 Å². The van der Waals surface area contributed by atoms with Gasteiger partial charge in [0, 0.05) is 18.3 Å². The fourth-order valence-corrected chi connectivity index (χ4v) is 2.35. The molecule has 1 heterocycles. The Morgan fingerprint density at radius 3 is 2.38 bits per heavy atom. The van der Waals surface area contributed by atoms with Crippen LogP contribution in [-0.4, -0.2) is 6.54 Å². The van der Waals surface area contributed by atoms with Gasteiger partial charge < -0.3 is 10.1 Å². The van der Waals surface area contributed by atoms with Crippen LogP contribution in [0.15, 0.2) is 42.5 Å². The van der Waals surface area contributed by atoms with Crippen molar-refractivity contribution in [1.29, 1.82) is 0 Å². The van der Waals surface area contributed by atoms with Gasteiger partial charge in [-0.05, 0) is 48.7 Å². The molecule has 0 fully saturated rings. The second-order valence-corrected chi connectivity index (χ2v) is 4.97. The number of fused-ring (bicyclic) bond motifs is 1. The van der Waals surface area contributed by atoms with Crippen molar-refractivity contribution in [3.8, 4) is 11.5 Å². The van der Waals surface area contributed by atoms with Crippen LogP contribution in [0.1, 0.15) is 17.5 Å². The minimum Gasteiger partial charge on any atom is -0.457 e. The van der Waals surface area contributed by atoms with Gasteiger partial charge in [-0.1, -0.05) is 6.07 Å². The number of hydrogen-bond acceptors (Lipinski definition) is 2. The van der Waals surface area contributed by atoms with Crippen molar-refractivity contribution in [2.45, 2.75) is 19.0 Å². The SMILES string of the molecule is FC(F)(F)c1ccc(Oc2ccc3c(c2)NCCC3)cc1. The molecule has 0 saturated heterocycles. The summed E-state index contributed by atoms with van der Waals surface area (Å²) < 4.78 is 43.1. The van der Waals surface area contributed by atoms with E-state index in [2.05, 4.69) is 5.32 Å². The number of anilines is 1. The molecule has 21 heavy (non-hydrogen) atoms. The van der Waals surface area contributed by atoms with Crippen molar-refractivity contribution < 1.29 is 17.9 Å². The molecular formula is C16H14F3NO. The summed E-state index contributed by atoms with van der Waals surface area (Å²) in [6, 6.07) is 10.4. The van der Waals surface area contributed by atoms with Crippen molar-refractivity contribution in [1.82, 2.24) is 0 Å². The Morgan fingerprint density at radius 1 is 0.952 bits per heavy atom. The van der Waals surface area contributed by atoms with Gasteiger partial charge in [0.25, 0.3) is 0 Å². The quantitative estimate of drug-likeness (QED) is 0.854. The highest BCUT2D eigenvalue weighted by Crippen LogP contribution is 2.33. The summed E-state index contributed by atoms with van der Waals surface area (Å²) in [6.07, 6.45) is -2.19. The molecule has 0 radical (unpaired) electrons. The summed E-state index contributed by atoms with van der Waals surface area (Å²) in [5.74, 6) is 1.00. The van der Waals surface area contributed by atoms with Gasteiger partial charge in [0.05, 0.1) is 5.56 Å². The molecule has 2 aromatic rings. The van der Waals surface area contributed by atoms with Crippen molar-refractivity contribution in [2.24, 2.45) is 0 Å². The molecular weight excluding hydrogens is 279 g/mol. The van der Waals surface area contributed by atoms with E-state index in [9.17, 15) is 13.2 Å². The van der Waals surface area contributed by atoms with Gasteiger partial charge in [-0.25, -0.2) is 0 Å². The summed E-state index contributed by atoms with van der Waals surface area (Å²) >= 11 is 0. The third-order valence-corrected chi connectivity index (χ3v) is 3.44. The lowest BCUT2D eigenvalue weighted by molar-refractivity contribution is -0.137. The zero-order chi connectivity index (χ0) is 14.9. The highest BCUT2D eigenvalue weighted by atomic mass is 19.4. The number of benzene rings is 2. The lowest BCUT2D eigenvalue weighted by Gasteiger charge is -2.18. The lowest BCUT2D eigenvalue weighted by Crippen LogP contribution is -2.11. The molecule has 0 spiro atoms. The van der Waals surface area contributed by atoms with Gasteiger partial charge >= 0.3 is 6.18 Å². The standard InChI is InChI=1S/C16H14F3NO/c17-16(18,19)12-4-7-13(8-5-12)21-14-6-3-11-2-1-9-20-15(11)10-14/h3-8,10,20H,1-2,9H2. The maximum absolute atomic E-state index is 12.5. The van der Waals surface area contributed by atoms with E-state index >= 15 is 0 Å². The van der Waals surface area contributed by atoms with Crippen LogP contribution in [0.3, 0.4) is 0 Å². The summed E-state index contributed by atoms with van der Waals surface area (Å²) in [6.45, 7) is 0.927. The molecule has 0 amide bonds. The first-order valence-corrected chi connectivity index (χ1v) is 6.74. The number of rotatable bonds is 2. The maximum Gasteiger partial charge on any atom is 0.416 e. The summed E-state index contributed by atoms with van der Waals surface area (Å²) in [5.41, 5.74) is 1.59. The first-order chi connectivity index (χ1) is 10.0. The normalized spacial score (nSPS) is 14.2. The van der Waals surface area contributed by atoms with Crippen molar-refractivity contribution >= 4 is 5.69 Å². The largest absolute Gasteiger partial charge is 0.457 e. The molecule has 0 aliphatic carbocycles. The molecule has 0 unspecified atom stereocenters. The topological polar surface area (TPSA) is 21.3 Å². The first kappa shape index (κ1) is 13.8. The molecule has 2 nitrogen and oxygen atoms in total. The molecule has 1 N–H and O–H groups in total. The second-order valence-electron chi connectivity index (χ2n) is 4.97. The molecule has 3 rings (SSSR count). The molecule has 0 aromatic heterocycles. The summed E-state index contributed by atoms with van der Waals surface area (Å²) in [7, 11) is 0. The minimum absolute atomic E-state index is 0.388. The third kappa shape index (κ3) is 3.12. The van der Waals surface area contributed by atoms with Crippen LogP contribution in [0, 0.1) is 0 Å². The predicted octanol–water partition coefficient (Wildman–Crippen LogP) is 4.86. The fraction of sp³-hybridized carbons (Fsp3) is 0.250. The zero-order valence-electron chi connectivity index (χ0n) is 11.2. The van der Waals surface area contributed by atoms with Crippen LogP contribution >= 0.6 is 0 Å². The summed E-state index contributed by atoms with van der Waals surface area (Å²) in [5, 5.41) is 3.29. The van der Waals surface area contributed by atoms with E-state index in [0.29, 0.717) is 11.5 Å². The predicted molar refractivity (Wildman–Crippen MR) is 74.8 cm³/mol. The number of ether oxygens (including phenoxy) is 1. The smallest absolute Gasteiger partial charge is 0.416 e. The maximum atomic E-state index is 12.5. The van der Waals surface area contributed by atoms with Crippen LogP contribution in [-0.2, 0) is 12.6 Å². The van der Waals surface area contributed by atoms with Gasteiger partial charge in [0.2, 0.25) is 0 Å². The number of aryl methyl sites for hydroxylation is 1. The molecule has 5 heteroatoms. The third-order valence-electron chi connectivity index (χ3n) is 3.44. The molecule has 110 valence electrons. The number of nitrogens with one attached hydrogen (secondary N) is 1. The van der Waals surface area contributed by atoms with Crippen LogP contribution in [0.5, 0.6) is 11.5 Å². The number of hydrogen-bond donors (Lipinski definition) is 1. The van der Waals surface area contributed by atoms with Crippen molar-refractivity contribution in [3.63, 3.8) is 0 Å². The van der Waals surface area contributed by atoms with Crippen molar-refractivity contribution in [2.75, 3.05) is 11.9 Å². The first-order valence-electron chi connectivity index (χ1n) is 6.74. The molecule has 1 aliphatic rings. The van der Waals surface area contributed by atoms with E-state index in [0.717, 1.165) is 37.2 Å². The van der Waals surface area contributed by atoms with E-state index in [1.807, 2.05) is 18.2 Å². The molecule has 2 aromatic carbocycles. The Kier molecular flexibility index (Phi) is 3.49. The molecule has 0 bridgehead atoms. The van der Waals surface area contributed by atoms with Crippen LogP contribution in [0.25, 0.3) is 0 Å². The fourth-order valence-electron chi connectivity index (χ4n) is 2.35. The Morgan fingerprint density at radius 2 is 1.67 bits per heavy atom. The van der Waals surface area contributed by atoms with Gasteiger partial charge in [0.1, 0.15) is 11.5 Å². The summed E-state index contributed by atoms with van der Waals surface area (Å²) in [4.78, 5) is 0. The highest BCUT2D eigenvalue weighted by Gasteiger charge is 2.30. The lowest BCUT2D eigenvalue weighted by atomic mass is 10.0. The van der Waals surface area contributed by atoms with E-state index in [-0.39, 0.29) is 0 Å². The Bertz CT molecular complexity index is 635. The van der Waals surface area contributed by atoms with Crippen LogP contribution in [0.4, 0.5) is 18.9 Å². The number of halogens is 3. The number of alkyl halides is 3. The van der Waals surface area contributed by atoms with Crippen LogP contribution < -0.4 is 10.1 Å². The Labute approximate surface area is 120 Å². The Balaban J connectivity index is 1.77. The van der Waals surface area contributed by atoms with Crippen molar-refractivity contribution in [3.05, 3.63) is 53.6 Å². The second kappa shape index (κ2) is 5.31. The average Bonchev–Trinajstić information content (AvgIpc) is 2.47. The monoisotopic (exact) mass is 293 g/mol. The van der Waals surface area contributed by atoms with E-state index in [1.165, 1.54) is 17.7 Å². The highest BCUT2D eigenvalue weighted by molar-refractivity contribution is 5.57. The molecule has 0 atom stereocenters. The minimum atomic E-state index is -4.33. The van der Waals surface area contributed by atoms with Gasteiger partial charge in [-0.3, -0.25) is 0 Å². The Hall–Kier alpha value is -2.17. The van der Waals surface area contributed by atoms with Crippen LogP contribution in [0.2, 0.25) is 0 Å². The van der Waals surface area contributed by atoms with E-state index < -0.39 is 11.7 Å². The van der Waals surface area contributed by atoms with E-state index in [4.69, 9.17) is 4.74 Å². The van der Waals surface area contributed by atoms with E-state index in [1.54, 1.807) is 0 Å². The molecule has 1 aliphatic heterocycles. The van der Waals surface area contributed by atoms with Gasteiger partial charge in [0.15, 0.2) is 0 Å².